The first-order valence-electron chi connectivity index (χ1n) is 11.0. The molecule has 31 heavy (non-hydrogen) atoms. The van der Waals surface area contributed by atoms with Crippen LogP contribution >= 0.6 is 0 Å². The quantitative estimate of drug-likeness (QED) is 0.548. The Morgan fingerprint density at radius 1 is 1.06 bits per heavy atom. The summed E-state index contributed by atoms with van der Waals surface area (Å²) in [7, 11) is 1.37. The molecule has 162 valence electrons. The highest BCUT2D eigenvalue weighted by Gasteiger charge is 2.41. The molecule has 1 unspecified atom stereocenters. The SMILES string of the molecule is COC(=O)C(C)(Cc1c[nH]c2ccccc12)NC(=O)CC1(c2ccccc2)CCCC1. The predicted octanol–water partition coefficient (Wildman–Crippen LogP) is 4.66. The second-order valence-corrected chi connectivity index (χ2v) is 8.94. The van der Waals surface area contributed by atoms with Crippen LogP contribution in [0.5, 0.6) is 0 Å². The van der Waals surface area contributed by atoms with Crippen LogP contribution in [0.2, 0.25) is 0 Å². The Morgan fingerprint density at radius 2 is 1.74 bits per heavy atom. The van der Waals surface area contributed by atoms with Gasteiger partial charge in [0, 0.05) is 35.4 Å². The first-order chi connectivity index (χ1) is 15.0. The summed E-state index contributed by atoms with van der Waals surface area (Å²) in [5.41, 5.74) is 1.88. The van der Waals surface area contributed by atoms with E-state index in [9.17, 15) is 9.59 Å². The number of ether oxygens (including phenoxy) is 1. The average molecular weight is 419 g/mol. The van der Waals surface area contributed by atoms with Gasteiger partial charge < -0.3 is 15.0 Å². The number of aromatic amines is 1. The molecule has 5 nitrogen and oxygen atoms in total. The van der Waals surface area contributed by atoms with E-state index in [0.29, 0.717) is 12.8 Å². The van der Waals surface area contributed by atoms with Gasteiger partial charge in [-0.3, -0.25) is 4.79 Å². The molecule has 1 atom stereocenters. The number of nitrogens with one attached hydrogen (secondary N) is 2. The van der Waals surface area contributed by atoms with Crippen molar-refractivity contribution in [2.45, 2.75) is 56.4 Å². The van der Waals surface area contributed by atoms with Crippen molar-refractivity contribution in [1.29, 1.82) is 0 Å². The minimum absolute atomic E-state index is 0.113. The largest absolute Gasteiger partial charge is 0.467 e. The van der Waals surface area contributed by atoms with Crippen molar-refractivity contribution in [3.8, 4) is 0 Å². The van der Waals surface area contributed by atoms with Crippen molar-refractivity contribution in [3.63, 3.8) is 0 Å². The van der Waals surface area contributed by atoms with Gasteiger partial charge in [0.1, 0.15) is 5.54 Å². The molecular formula is C26H30N2O3. The average Bonchev–Trinajstić information content (AvgIpc) is 3.42. The fourth-order valence-electron chi connectivity index (χ4n) is 5.12. The van der Waals surface area contributed by atoms with Gasteiger partial charge in [0.05, 0.1) is 7.11 Å². The summed E-state index contributed by atoms with van der Waals surface area (Å²) >= 11 is 0. The molecule has 1 aliphatic rings. The number of hydrogen-bond acceptors (Lipinski definition) is 3. The number of hydrogen-bond donors (Lipinski definition) is 2. The highest BCUT2D eigenvalue weighted by atomic mass is 16.5. The minimum atomic E-state index is -1.15. The van der Waals surface area contributed by atoms with E-state index in [1.165, 1.54) is 12.7 Å². The van der Waals surface area contributed by atoms with E-state index in [4.69, 9.17) is 4.74 Å². The number of carbonyl (C=O) groups excluding carboxylic acids is 2. The van der Waals surface area contributed by atoms with Gasteiger partial charge in [0.2, 0.25) is 5.91 Å². The summed E-state index contributed by atoms with van der Waals surface area (Å²) in [5.74, 6) is -0.551. The molecule has 1 heterocycles. The van der Waals surface area contributed by atoms with Crippen LogP contribution in [0.25, 0.3) is 10.9 Å². The van der Waals surface area contributed by atoms with Crippen molar-refractivity contribution in [2.75, 3.05) is 7.11 Å². The van der Waals surface area contributed by atoms with E-state index in [1.54, 1.807) is 6.92 Å². The molecule has 3 aromatic rings. The Bertz CT molecular complexity index is 1070. The first-order valence-corrected chi connectivity index (χ1v) is 11.0. The molecule has 4 rings (SSSR count). The summed E-state index contributed by atoms with van der Waals surface area (Å²) in [4.78, 5) is 29.3. The maximum absolute atomic E-state index is 13.3. The van der Waals surface area contributed by atoms with E-state index < -0.39 is 11.5 Å². The van der Waals surface area contributed by atoms with Crippen molar-refractivity contribution in [2.24, 2.45) is 0 Å². The number of methoxy groups -OCH3 is 1. The highest BCUT2D eigenvalue weighted by molar-refractivity contribution is 5.90. The van der Waals surface area contributed by atoms with E-state index in [0.717, 1.165) is 42.1 Å². The lowest BCUT2D eigenvalue weighted by molar-refractivity contribution is -0.150. The summed E-state index contributed by atoms with van der Waals surface area (Å²) in [5, 5.41) is 4.09. The summed E-state index contributed by atoms with van der Waals surface area (Å²) in [6.07, 6.45) is 6.84. The van der Waals surface area contributed by atoms with E-state index >= 15 is 0 Å². The smallest absolute Gasteiger partial charge is 0.331 e. The Hall–Kier alpha value is -3.08. The summed E-state index contributed by atoms with van der Waals surface area (Å²) < 4.78 is 5.09. The van der Waals surface area contributed by atoms with E-state index in [-0.39, 0.29) is 11.3 Å². The molecule has 1 saturated carbocycles. The molecule has 2 aromatic carbocycles. The lowest BCUT2D eigenvalue weighted by Crippen LogP contribution is -2.55. The van der Waals surface area contributed by atoms with Gasteiger partial charge in [-0.25, -0.2) is 4.79 Å². The molecule has 1 amide bonds. The predicted molar refractivity (Wildman–Crippen MR) is 122 cm³/mol. The number of fused-ring (bicyclic) bond motifs is 1. The standard InChI is InChI=1S/C26H30N2O3/c1-25(24(30)31-2,16-19-18-27-22-13-7-6-12-21(19)22)28-23(29)17-26(14-8-9-15-26)20-10-4-3-5-11-20/h3-7,10-13,18,27H,8-9,14-17H2,1-2H3,(H,28,29). The molecule has 1 fully saturated rings. The van der Waals surface area contributed by atoms with Crippen LogP contribution in [0.1, 0.15) is 50.2 Å². The highest BCUT2D eigenvalue weighted by Crippen LogP contribution is 2.43. The number of esters is 1. The first kappa shape index (κ1) is 21.2. The Morgan fingerprint density at radius 3 is 2.45 bits per heavy atom. The van der Waals surface area contributed by atoms with Gasteiger partial charge in [0.15, 0.2) is 0 Å². The van der Waals surface area contributed by atoms with E-state index in [1.807, 2.05) is 48.7 Å². The van der Waals surface area contributed by atoms with Gasteiger partial charge in [-0.1, -0.05) is 61.4 Å². The third-order valence-corrected chi connectivity index (χ3v) is 6.72. The number of para-hydroxylation sites is 1. The van der Waals surface area contributed by atoms with Gasteiger partial charge in [-0.15, -0.1) is 0 Å². The molecule has 0 saturated heterocycles. The van der Waals surface area contributed by atoms with Crippen molar-refractivity contribution in [1.82, 2.24) is 10.3 Å². The normalized spacial score (nSPS) is 17.2. The number of amides is 1. The lowest BCUT2D eigenvalue weighted by atomic mass is 9.75. The van der Waals surface area contributed by atoms with Crippen molar-refractivity contribution < 1.29 is 14.3 Å². The van der Waals surface area contributed by atoms with Crippen molar-refractivity contribution >= 4 is 22.8 Å². The number of benzene rings is 2. The molecule has 1 aromatic heterocycles. The molecule has 0 radical (unpaired) electrons. The van der Waals surface area contributed by atoms with Crippen LogP contribution in [0.4, 0.5) is 0 Å². The van der Waals surface area contributed by atoms with Crippen LogP contribution < -0.4 is 5.32 Å². The molecule has 5 heteroatoms. The maximum atomic E-state index is 13.3. The van der Waals surface area contributed by atoms with Gasteiger partial charge in [-0.05, 0) is 37.0 Å². The molecule has 0 aliphatic heterocycles. The molecule has 0 spiro atoms. The second-order valence-electron chi connectivity index (χ2n) is 8.94. The lowest BCUT2D eigenvalue weighted by Gasteiger charge is -2.33. The zero-order chi connectivity index (χ0) is 21.9. The Balaban J connectivity index is 1.57. The van der Waals surface area contributed by atoms with Gasteiger partial charge in [0.25, 0.3) is 0 Å². The second kappa shape index (κ2) is 8.58. The number of carbonyl (C=O) groups is 2. The van der Waals surface area contributed by atoms with Crippen LogP contribution in [0.3, 0.4) is 0 Å². The molecule has 1 aliphatic carbocycles. The van der Waals surface area contributed by atoms with Gasteiger partial charge >= 0.3 is 5.97 Å². The number of H-pyrrole nitrogens is 1. The van der Waals surface area contributed by atoms with E-state index in [2.05, 4.69) is 22.4 Å². The van der Waals surface area contributed by atoms with Crippen LogP contribution in [0, 0.1) is 0 Å². The Kier molecular flexibility index (Phi) is 5.86. The van der Waals surface area contributed by atoms with Gasteiger partial charge in [-0.2, -0.15) is 0 Å². The fourth-order valence-corrected chi connectivity index (χ4v) is 5.12. The molecule has 0 bridgehead atoms. The minimum Gasteiger partial charge on any atom is -0.467 e. The van der Waals surface area contributed by atoms with Crippen LogP contribution in [-0.4, -0.2) is 29.5 Å². The third kappa shape index (κ3) is 4.22. The number of aromatic nitrogens is 1. The van der Waals surface area contributed by atoms with Crippen LogP contribution in [0.15, 0.2) is 60.8 Å². The summed E-state index contributed by atoms with van der Waals surface area (Å²) in [6, 6.07) is 18.2. The third-order valence-electron chi connectivity index (χ3n) is 6.72. The van der Waals surface area contributed by atoms with Crippen LogP contribution in [-0.2, 0) is 26.2 Å². The summed E-state index contributed by atoms with van der Waals surface area (Å²) in [6.45, 7) is 1.75. The molecule has 2 N–H and O–H groups in total. The monoisotopic (exact) mass is 418 g/mol. The van der Waals surface area contributed by atoms with Crippen molar-refractivity contribution in [3.05, 3.63) is 71.9 Å². The zero-order valence-electron chi connectivity index (χ0n) is 18.2. The zero-order valence-corrected chi connectivity index (χ0v) is 18.2. The Labute approximate surface area is 183 Å². The topological polar surface area (TPSA) is 71.2 Å². The number of rotatable bonds is 7. The maximum Gasteiger partial charge on any atom is 0.331 e. The fraction of sp³-hybridized carbons (Fsp3) is 0.385. The molecular weight excluding hydrogens is 388 g/mol.